The first-order chi connectivity index (χ1) is 11.6. The second-order valence-corrected chi connectivity index (χ2v) is 5.19. The van der Waals surface area contributed by atoms with Crippen molar-refractivity contribution < 1.29 is 9.21 Å². The highest BCUT2D eigenvalue weighted by atomic mass is 16.4. The van der Waals surface area contributed by atoms with Gasteiger partial charge in [0.25, 0.3) is 0 Å². The average molecular weight is 326 g/mol. The molecule has 0 unspecified atom stereocenters. The lowest BCUT2D eigenvalue weighted by Gasteiger charge is -2.07. The third kappa shape index (κ3) is 3.78. The van der Waals surface area contributed by atoms with E-state index >= 15 is 0 Å². The molecule has 2 N–H and O–H groups in total. The fraction of sp³-hybridized carbons (Fsp3) is 0.250. The summed E-state index contributed by atoms with van der Waals surface area (Å²) in [5, 5.41) is 13.8. The number of aromatic nitrogens is 4. The van der Waals surface area contributed by atoms with E-state index in [0.29, 0.717) is 30.4 Å². The Hall–Kier alpha value is -3.16. The first-order valence-electron chi connectivity index (χ1n) is 7.61. The van der Waals surface area contributed by atoms with Crippen molar-refractivity contribution >= 4 is 11.7 Å². The highest BCUT2D eigenvalue weighted by Gasteiger charge is 2.08. The lowest BCUT2D eigenvalue weighted by Crippen LogP contribution is -2.28. The van der Waals surface area contributed by atoms with Crippen LogP contribution in [0.5, 0.6) is 0 Å². The number of benzene rings is 1. The van der Waals surface area contributed by atoms with E-state index in [1.165, 1.54) is 0 Å². The van der Waals surface area contributed by atoms with Crippen molar-refractivity contribution in [2.24, 2.45) is 0 Å². The molecule has 8 nitrogen and oxygen atoms in total. The maximum Gasteiger partial charge on any atom is 0.319 e. The Balaban J connectivity index is 1.60. The summed E-state index contributed by atoms with van der Waals surface area (Å²) in [7, 11) is 0. The monoisotopic (exact) mass is 326 g/mol. The van der Waals surface area contributed by atoms with Gasteiger partial charge in [-0.2, -0.15) is 15.0 Å². The molecule has 0 radical (unpaired) electrons. The predicted octanol–water partition coefficient (Wildman–Crippen LogP) is 2.58. The SMILES string of the molecule is CCn1ncc(CNC(=O)Nc2cccc(-c3ncc(C)o3)c2)n1. The van der Waals surface area contributed by atoms with Crippen LogP contribution in [0.2, 0.25) is 0 Å². The van der Waals surface area contributed by atoms with Crippen molar-refractivity contribution in [2.75, 3.05) is 5.32 Å². The van der Waals surface area contributed by atoms with E-state index in [1.807, 2.05) is 26.0 Å². The maximum atomic E-state index is 12.0. The second-order valence-electron chi connectivity index (χ2n) is 5.19. The summed E-state index contributed by atoms with van der Waals surface area (Å²) >= 11 is 0. The standard InChI is InChI=1S/C16H18N6O2/c1-3-22-19-10-14(21-22)9-18-16(23)20-13-6-4-5-12(7-13)15-17-8-11(2)24-15/h4-8,10H,3,9H2,1-2H3,(H2,18,20,23). The van der Waals surface area contributed by atoms with Gasteiger partial charge in [-0.1, -0.05) is 6.07 Å². The van der Waals surface area contributed by atoms with Gasteiger partial charge in [0, 0.05) is 11.3 Å². The van der Waals surface area contributed by atoms with E-state index < -0.39 is 0 Å². The first-order valence-corrected chi connectivity index (χ1v) is 7.61. The van der Waals surface area contributed by atoms with Crippen LogP contribution in [0.1, 0.15) is 18.4 Å². The molecule has 3 rings (SSSR count). The smallest absolute Gasteiger partial charge is 0.319 e. The van der Waals surface area contributed by atoms with Crippen LogP contribution < -0.4 is 10.6 Å². The normalized spacial score (nSPS) is 10.6. The Bertz CT molecular complexity index is 838. The van der Waals surface area contributed by atoms with Gasteiger partial charge in [0.15, 0.2) is 0 Å². The summed E-state index contributed by atoms with van der Waals surface area (Å²) in [6, 6.07) is 6.99. The first kappa shape index (κ1) is 15.7. The number of nitrogens with zero attached hydrogens (tertiary/aromatic N) is 4. The van der Waals surface area contributed by atoms with Crippen molar-refractivity contribution in [3.05, 3.63) is 48.1 Å². The highest BCUT2D eigenvalue weighted by Crippen LogP contribution is 2.22. The van der Waals surface area contributed by atoms with Crippen molar-refractivity contribution in [1.29, 1.82) is 0 Å². The van der Waals surface area contributed by atoms with Crippen molar-refractivity contribution in [3.8, 4) is 11.5 Å². The number of carbonyl (C=O) groups is 1. The molecule has 8 heteroatoms. The lowest BCUT2D eigenvalue weighted by atomic mass is 10.2. The minimum absolute atomic E-state index is 0.310. The molecular weight excluding hydrogens is 308 g/mol. The summed E-state index contributed by atoms with van der Waals surface area (Å²) in [4.78, 5) is 17.7. The van der Waals surface area contributed by atoms with Gasteiger partial charge in [0.05, 0.1) is 25.5 Å². The summed E-state index contributed by atoms with van der Waals surface area (Å²) in [6.07, 6.45) is 3.29. The minimum Gasteiger partial charge on any atom is -0.441 e. The zero-order valence-corrected chi connectivity index (χ0v) is 13.5. The van der Waals surface area contributed by atoms with Crippen LogP contribution in [0.15, 0.2) is 41.1 Å². The largest absolute Gasteiger partial charge is 0.441 e. The third-order valence-corrected chi connectivity index (χ3v) is 3.29. The number of nitrogens with one attached hydrogen (secondary N) is 2. The Kier molecular flexibility index (Phi) is 4.55. The van der Waals surface area contributed by atoms with E-state index in [2.05, 4.69) is 25.8 Å². The summed E-state index contributed by atoms with van der Waals surface area (Å²) < 4.78 is 5.49. The molecule has 0 saturated carbocycles. The van der Waals surface area contributed by atoms with Gasteiger partial charge in [-0.3, -0.25) is 0 Å². The molecule has 2 amide bonds. The molecule has 0 aliphatic rings. The van der Waals surface area contributed by atoms with Gasteiger partial charge < -0.3 is 15.1 Å². The van der Waals surface area contributed by atoms with Gasteiger partial charge >= 0.3 is 6.03 Å². The number of rotatable bonds is 5. The Morgan fingerprint density at radius 1 is 1.33 bits per heavy atom. The van der Waals surface area contributed by atoms with Gasteiger partial charge in [0.1, 0.15) is 11.5 Å². The second kappa shape index (κ2) is 6.95. The van der Waals surface area contributed by atoms with Crippen molar-refractivity contribution in [2.45, 2.75) is 26.9 Å². The van der Waals surface area contributed by atoms with Crippen LogP contribution in [0.4, 0.5) is 10.5 Å². The molecule has 0 fully saturated rings. The fourth-order valence-electron chi connectivity index (χ4n) is 2.13. The number of carbonyl (C=O) groups excluding carboxylic acids is 1. The van der Waals surface area contributed by atoms with E-state index in [1.54, 1.807) is 29.3 Å². The fourth-order valence-corrected chi connectivity index (χ4v) is 2.13. The number of oxazole rings is 1. The van der Waals surface area contributed by atoms with E-state index in [9.17, 15) is 4.79 Å². The number of hydrogen-bond acceptors (Lipinski definition) is 5. The lowest BCUT2D eigenvalue weighted by molar-refractivity contribution is 0.251. The molecule has 3 aromatic rings. The topological polar surface area (TPSA) is 97.9 Å². The molecule has 2 aromatic heterocycles. The molecule has 124 valence electrons. The van der Waals surface area contributed by atoms with Gasteiger partial charge in [-0.05, 0) is 32.0 Å². The van der Waals surface area contributed by atoms with Gasteiger partial charge in [0.2, 0.25) is 5.89 Å². The predicted molar refractivity (Wildman–Crippen MR) is 88.2 cm³/mol. The van der Waals surface area contributed by atoms with Crippen LogP contribution in [0.3, 0.4) is 0 Å². The van der Waals surface area contributed by atoms with Gasteiger partial charge in [-0.25, -0.2) is 9.78 Å². The zero-order valence-electron chi connectivity index (χ0n) is 13.5. The number of hydrogen-bond donors (Lipinski definition) is 2. The van der Waals surface area contributed by atoms with Crippen LogP contribution >= 0.6 is 0 Å². The molecule has 0 spiro atoms. The zero-order chi connectivity index (χ0) is 16.9. The van der Waals surface area contributed by atoms with Crippen LogP contribution in [0, 0.1) is 6.92 Å². The number of urea groups is 1. The van der Waals surface area contributed by atoms with E-state index in [0.717, 1.165) is 11.3 Å². The summed E-state index contributed by atoms with van der Waals surface area (Å²) in [5.41, 5.74) is 2.15. The molecule has 0 atom stereocenters. The number of aryl methyl sites for hydroxylation is 2. The minimum atomic E-state index is -0.318. The number of amides is 2. The summed E-state index contributed by atoms with van der Waals surface area (Å²) in [6.45, 7) is 4.79. The summed E-state index contributed by atoms with van der Waals surface area (Å²) in [5.74, 6) is 1.26. The Morgan fingerprint density at radius 2 is 2.21 bits per heavy atom. The van der Waals surface area contributed by atoms with Crippen LogP contribution in [-0.2, 0) is 13.1 Å². The van der Waals surface area contributed by atoms with E-state index in [4.69, 9.17) is 4.42 Å². The molecule has 2 heterocycles. The van der Waals surface area contributed by atoms with Crippen molar-refractivity contribution in [1.82, 2.24) is 25.3 Å². The van der Waals surface area contributed by atoms with Crippen LogP contribution in [-0.4, -0.2) is 26.0 Å². The molecule has 0 saturated heterocycles. The van der Waals surface area contributed by atoms with Crippen molar-refractivity contribution in [3.63, 3.8) is 0 Å². The Labute approximate surface area is 138 Å². The molecule has 0 aliphatic heterocycles. The molecule has 24 heavy (non-hydrogen) atoms. The van der Waals surface area contributed by atoms with E-state index in [-0.39, 0.29) is 6.03 Å². The number of anilines is 1. The average Bonchev–Trinajstić information content (AvgIpc) is 3.22. The quantitative estimate of drug-likeness (QED) is 0.751. The van der Waals surface area contributed by atoms with Gasteiger partial charge in [-0.15, -0.1) is 0 Å². The Morgan fingerprint density at radius 3 is 2.92 bits per heavy atom. The van der Waals surface area contributed by atoms with Crippen LogP contribution in [0.25, 0.3) is 11.5 Å². The molecule has 1 aromatic carbocycles. The molecule has 0 aliphatic carbocycles. The highest BCUT2D eigenvalue weighted by molar-refractivity contribution is 5.89. The third-order valence-electron chi connectivity index (χ3n) is 3.29. The maximum absolute atomic E-state index is 12.0. The molecule has 0 bridgehead atoms. The molecular formula is C16H18N6O2.